The lowest BCUT2D eigenvalue weighted by atomic mass is 9.82. The van der Waals surface area contributed by atoms with E-state index >= 15 is 0 Å². The number of hydrogen-bond acceptors (Lipinski definition) is 4. The van der Waals surface area contributed by atoms with Crippen LogP contribution in [-0.4, -0.2) is 15.0 Å². The van der Waals surface area contributed by atoms with Crippen LogP contribution in [0.5, 0.6) is 0 Å². The summed E-state index contributed by atoms with van der Waals surface area (Å²) in [6, 6.07) is 72.0. The summed E-state index contributed by atoms with van der Waals surface area (Å²) in [5.41, 5.74) is 15.1. The van der Waals surface area contributed by atoms with Gasteiger partial charge in [-0.1, -0.05) is 190 Å². The first-order valence-corrected chi connectivity index (χ1v) is 22.0. The summed E-state index contributed by atoms with van der Waals surface area (Å²) < 4.78 is 2.66. The van der Waals surface area contributed by atoms with Crippen molar-refractivity contribution in [2.45, 2.75) is 19.3 Å². The van der Waals surface area contributed by atoms with Crippen LogP contribution in [0.25, 0.3) is 110 Å². The largest absolute Gasteiger partial charge is 0.208 e. The minimum Gasteiger partial charge on any atom is -0.208 e. The molecule has 0 amide bonds. The molecule has 12 rings (SSSR count). The monoisotopic (exact) mass is 809 g/mol. The number of nitrogens with zero attached hydrogens (tertiary/aromatic N) is 3. The number of rotatable bonds is 6. The van der Waals surface area contributed by atoms with Crippen molar-refractivity contribution in [1.82, 2.24) is 15.0 Å². The highest BCUT2D eigenvalue weighted by atomic mass is 32.1. The zero-order valence-corrected chi connectivity index (χ0v) is 35.1. The van der Waals surface area contributed by atoms with Gasteiger partial charge in [0.05, 0.1) is 0 Å². The smallest absolute Gasteiger partial charge is 0.164 e. The van der Waals surface area contributed by atoms with E-state index in [-0.39, 0.29) is 5.41 Å². The molecular formula is C58H39N3S. The van der Waals surface area contributed by atoms with Gasteiger partial charge in [0.2, 0.25) is 0 Å². The van der Waals surface area contributed by atoms with Crippen LogP contribution in [0.2, 0.25) is 0 Å². The molecule has 0 spiro atoms. The highest BCUT2D eigenvalue weighted by Gasteiger charge is 2.37. The highest BCUT2D eigenvalue weighted by Crippen LogP contribution is 2.51. The van der Waals surface area contributed by atoms with Crippen LogP contribution in [0.4, 0.5) is 0 Å². The number of hydrogen-bond donors (Lipinski definition) is 0. The van der Waals surface area contributed by atoms with E-state index in [9.17, 15) is 0 Å². The summed E-state index contributed by atoms with van der Waals surface area (Å²) in [4.78, 5) is 15.4. The molecule has 0 bridgehead atoms. The lowest BCUT2D eigenvalue weighted by Gasteiger charge is -2.21. The van der Waals surface area contributed by atoms with Crippen molar-refractivity contribution in [1.29, 1.82) is 0 Å². The van der Waals surface area contributed by atoms with Gasteiger partial charge in [-0.25, -0.2) is 15.0 Å². The van der Waals surface area contributed by atoms with Gasteiger partial charge in [-0.05, 0) is 90.7 Å². The van der Waals surface area contributed by atoms with E-state index in [1.165, 1.54) is 81.0 Å². The zero-order chi connectivity index (χ0) is 41.4. The number of benzene rings is 9. The minimum absolute atomic E-state index is 0.121. The van der Waals surface area contributed by atoms with Crippen LogP contribution in [0.3, 0.4) is 0 Å². The van der Waals surface area contributed by atoms with Crippen molar-refractivity contribution in [2.75, 3.05) is 0 Å². The van der Waals surface area contributed by atoms with Crippen molar-refractivity contribution in [3.8, 4) is 78.7 Å². The second-order valence-corrected chi connectivity index (χ2v) is 17.9. The fraction of sp³-hybridized carbons (Fsp3) is 0.0517. The van der Waals surface area contributed by atoms with Crippen LogP contribution in [-0.2, 0) is 5.41 Å². The number of thiophene rings is 1. The predicted molar refractivity (Wildman–Crippen MR) is 260 cm³/mol. The van der Waals surface area contributed by atoms with Gasteiger partial charge in [-0.2, -0.15) is 0 Å². The normalized spacial score (nSPS) is 12.8. The molecule has 292 valence electrons. The van der Waals surface area contributed by atoms with E-state index in [0.717, 1.165) is 22.3 Å². The third-order valence-corrected chi connectivity index (χ3v) is 13.9. The maximum atomic E-state index is 5.19. The van der Waals surface area contributed by atoms with Gasteiger partial charge in [0.1, 0.15) is 0 Å². The number of fused-ring (bicyclic) bond motifs is 7. The van der Waals surface area contributed by atoms with E-state index in [0.29, 0.717) is 17.5 Å². The second-order valence-electron chi connectivity index (χ2n) is 16.8. The molecule has 0 unspecified atom stereocenters. The van der Waals surface area contributed by atoms with Gasteiger partial charge in [-0.3, -0.25) is 0 Å². The molecule has 0 aliphatic heterocycles. The van der Waals surface area contributed by atoms with Crippen molar-refractivity contribution in [3.63, 3.8) is 0 Å². The standard InChI is InChI=1S/C58H39N3S/c1-58(2)49-18-8-6-14-46(49)53-48(17-10-19-50(53)58)57-60-55(39-12-4-3-5-13-39)59-56(61-57)40-28-24-37(25-29-40)42-31-33-43-34-41(30-32-44(43)35-42)36-22-26-38(27-23-36)45-16-11-21-52-54(45)47-15-7-9-20-51(47)62-52/h3-35H,1-2H3. The molecule has 62 heavy (non-hydrogen) atoms. The SMILES string of the molecule is CC1(C)c2ccccc2-c2c(-c3nc(-c4ccccc4)nc(-c4ccc(-c5ccc6cc(-c7ccc(-c8cccc9sc%10ccccc%10c89)cc7)ccc6c5)cc4)n3)cccc21. The first kappa shape index (κ1) is 36.3. The van der Waals surface area contributed by atoms with Gasteiger partial charge in [0.25, 0.3) is 0 Å². The third-order valence-electron chi connectivity index (χ3n) is 12.8. The van der Waals surface area contributed by atoms with Gasteiger partial charge in [0.15, 0.2) is 17.5 Å². The maximum Gasteiger partial charge on any atom is 0.164 e. The molecule has 0 fully saturated rings. The molecule has 4 heteroatoms. The molecular weight excluding hydrogens is 771 g/mol. The third kappa shape index (κ3) is 5.98. The molecule has 3 nitrogen and oxygen atoms in total. The summed E-state index contributed by atoms with van der Waals surface area (Å²) in [5.74, 6) is 1.99. The summed E-state index contributed by atoms with van der Waals surface area (Å²) in [6.45, 7) is 4.61. The number of aromatic nitrogens is 3. The molecule has 9 aromatic carbocycles. The first-order chi connectivity index (χ1) is 30.5. The Balaban J connectivity index is 0.854. The average Bonchev–Trinajstić information content (AvgIpc) is 3.83. The maximum absolute atomic E-state index is 5.19. The highest BCUT2D eigenvalue weighted by molar-refractivity contribution is 7.25. The van der Waals surface area contributed by atoms with E-state index in [1.807, 2.05) is 29.5 Å². The lowest BCUT2D eigenvalue weighted by molar-refractivity contribution is 0.660. The van der Waals surface area contributed by atoms with Crippen LogP contribution in [0.15, 0.2) is 200 Å². The van der Waals surface area contributed by atoms with E-state index in [1.54, 1.807) is 0 Å². The Morgan fingerprint density at radius 1 is 0.355 bits per heavy atom. The molecule has 0 saturated heterocycles. The average molecular weight is 810 g/mol. The first-order valence-electron chi connectivity index (χ1n) is 21.2. The fourth-order valence-electron chi connectivity index (χ4n) is 9.56. The molecule has 2 heterocycles. The van der Waals surface area contributed by atoms with Crippen molar-refractivity contribution in [2.24, 2.45) is 0 Å². The Labute approximate surface area is 364 Å². The topological polar surface area (TPSA) is 38.7 Å². The summed E-state index contributed by atoms with van der Waals surface area (Å²) in [6.07, 6.45) is 0. The summed E-state index contributed by atoms with van der Waals surface area (Å²) >= 11 is 1.86. The molecule has 0 radical (unpaired) electrons. The minimum atomic E-state index is -0.121. The van der Waals surface area contributed by atoms with Crippen LogP contribution >= 0.6 is 11.3 Å². The molecule has 1 aliphatic rings. The quantitative estimate of drug-likeness (QED) is 0.168. The van der Waals surface area contributed by atoms with Crippen molar-refractivity contribution >= 4 is 42.3 Å². The molecule has 1 aliphatic carbocycles. The Morgan fingerprint density at radius 3 is 1.58 bits per heavy atom. The molecule has 0 atom stereocenters. The van der Waals surface area contributed by atoms with E-state index in [2.05, 4.69) is 196 Å². The Kier molecular flexibility index (Phi) is 8.38. The van der Waals surface area contributed by atoms with E-state index in [4.69, 9.17) is 15.0 Å². The summed E-state index contributed by atoms with van der Waals surface area (Å²) in [7, 11) is 0. The lowest BCUT2D eigenvalue weighted by Crippen LogP contribution is -2.14. The Morgan fingerprint density at radius 2 is 0.855 bits per heavy atom. The van der Waals surface area contributed by atoms with Crippen LogP contribution in [0.1, 0.15) is 25.0 Å². The zero-order valence-electron chi connectivity index (χ0n) is 34.3. The van der Waals surface area contributed by atoms with E-state index < -0.39 is 0 Å². The van der Waals surface area contributed by atoms with Gasteiger partial charge >= 0.3 is 0 Å². The molecule has 0 N–H and O–H groups in total. The second kappa shape index (κ2) is 14.3. The summed E-state index contributed by atoms with van der Waals surface area (Å²) in [5, 5.41) is 5.09. The van der Waals surface area contributed by atoms with Crippen molar-refractivity contribution < 1.29 is 0 Å². The van der Waals surface area contributed by atoms with Crippen LogP contribution in [0, 0.1) is 0 Å². The van der Waals surface area contributed by atoms with Crippen LogP contribution < -0.4 is 0 Å². The van der Waals surface area contributed by atoms with Gasteiger partial charge < -0.3 is 0 Å². The molecule has 2 aromatic heterocycles. The Bertz CT molecular complexity index is 3530. The predicted octanol–water partition coefficient (Wildman–Crippen LogP) is 15.7. The fourth-order valence-corrected chi connectivity index (χ4v) is 10.7. The Hall–Kier alpha value is -7.53. The molecule has 0 saturated carbocycles. The molecule has 11 aromatic rings. The van der Waals surface area contributed by atoms with Gasteiger partial charge in [-0.15, -0.1) is 11.3 Å². The van der Waals surface area contributed by atoms with Gasteiger partial charge in [0, 0.05) is 42.3 Å². The van der Waals surface area contributed by atoms with Crippen molar-refractivity contribution in [3.05, 3.63) is 211 Å².